The Bertz CT molecular complexity index is 564. The SMILES string of the molecule is CCCN1CCC(NC(=NC)NCc2cccc(C(N)=O)c2)CC1. The molecule has 1 aromatic rings. The van der Waals surface area contributed by atoms with Gasteiger partial charge < -0.3 is 21.3 Å². The van der Waals surface area contributed by atoms with Gasteiger partial charge in [-0.2, -0.15) is 0 Å². The van der Waals surface area contributed by atoms with E-state index >= 15 is 0 Å². The molecule has 0 aliphatic carbocycles. The van der Waals surface area contributed by atoms with Crippen LogP contribution in [0.15, 0.2) is 29.3 Å². The van der Waals surface area contributed by atoms with Crippen LogP contribution in [0.25, 0.3) is 0 Å². The van der Waals surface area contributed by atoms with Crippen LogP contribution in [0.1, 0.15) is 42.1 Å². The number of nitrogens with two attached hydrogens (primary N) is 1. The molecule has 1 fully saturated rings. The average Bonchev–Trinajstić information content (AvgIpc) is 2.60. The number of benzene rings is 1. The Balaban J connectivity index is 1.81. The fraction of sp³-hybridized carbons (Fsp3) is 0.556. The second-order valence-corrected chi connectivity index (χ2v) is 6.25. The number of hydrogen-bond acceptors (Lipinski definition) is 3. The highest BCUT2D eigenvalue weighted by molar-refractivity contribution is 5.92. The standard InChI is InChI=1S/C18H29N5O/c1-3-9-23-10-7-16(8-11-23)22-18(20-2)21-13-14-5-4-6-15(12-14)17(19)24/h4-6,12,16H,3,7-11,13H2,1-2H3,(H2,19,24)(H2,20,21,22). The summed E-state index contributed by atoms with van der Waals surface area (Å²) in [7, 11) is 1.78. The summed E-state index contributed by atoms with van der Waals surface area (Å²) in [5, 5.41) is 6.81. The number of carbonyl (C=O) groups is 1. The maximum Gasteiger partial charge on any atom is 0.248 e. The monoisotopic (exact) mass is 331 g/mol. The normalized spacial score (nSPS) is 16.8. The Labute approximate surface area is 144 Å². The summed E-state index contributed by atoms with van der Waals surface area (Å²) in [5.41, 5.74) is 6.86. The summed E-state index contributed by atoms with van der Waals surface area (Å²) in [6, 6.07) is 7.81. The Kier molecular flexibility index (Phi) is 7.06. The van der Waals surface area contributed by atoms with Crippen molar-refractivity contribution in [2.45, 2.75) is 38.8 Å². The lowest BCUT2D eigenvalue weighted by Gasteiger charge is -2.32. The third-order valence-corrected chi connectivity index (χ3v) is 4.36. The first kappa shape index (κ1) is 18.3. The highest BCUT2D eigenvalue weighted by Crippen LogP contribution is 2.10. The lowest BCUT2D eigenvalue weighted by molar-refractivity contribution is 0.1000. The molecule has 1 heterocycles. The number of piperidine rings is 1. The van der Waals surface area contributed by atoms with Crippen molar-refractivity contribution in [1.29, 1.82) is 0 Å². The van der Waals surface area contributed by atoms with Gasteiger partial charge in [-0.1, -0.05) is 19.1 Å². The highest BCUT2D eigenvalue weighted by Gasteiger charge is 2.19. The Morgan fingerprint density at radius 1 is 1.38 bits per heavy atom. The summed E-state index contributed by atoms with van der Waals surface area (Å²) in [6.45, 7) is 6.31. The minimum absolute atomic E-state index is 0.404. The van der Waals surface area contributed by atoms with E-state index in [4.69, 9.17) is 5.73 Å². The van der Waals surface area contributed by atoms with Crippen LogP contribution in [0.2, 0.25) is 0 Å². The summed E-state index contributed by atoms with van der Waals surface area (Å²) in [5.74, 6) is 0.395. The molecule has 6 heteroatoms. The first-order valence-corrected chi connectivity index (χ1v) is 8.70. The average molecular weight is 331 g/mol. The number of guanidine groups is 1. The molecule has 1 aliphatic heterocycles. The minimum Gasteiger partial charge on any atom is -0.366 e. The van der Waals surface area contributed by atoms with E-state index in [1.165, 1.54) is 13.0 Å². The number of nitrogens with one attached hydrogen (secondary N) is 2. The lowest BCUT2D eigenvalue weighted by atomic mass is 10.1. The van der Waals surface area contributed by atoms with Crippen LogP contribution in [0.5, 0.6) is 0 Å². The molecule has 132 valence electrons. The molecule has 1 amide bonds. The van der Waals surface area contributed by atoms with Crippen LogP contribution in [0, 0.1) is 0 Å². The number of hydrogen-bond donors (Lipinski definition) is 3. The zero-order valence-corrected chi connectivity index (χ0v) is 14.7. The number of likely N-dealkylation sites (tertiary alicyclic amines) is 1. The van der Waals surface area contributed by atoms with Crippen molar-refractivity contribution in [2.75, 3.05) is 26.7 Å². The molecule has 1 aromatic carbocycles. The Hall–Kier alpha value is -2.08. The van der Waals surface area contributed by atoms with E-state index in [0.717, 1.165) is 37.5 Å². The van der Waals surface area contributed by atoms with Gasteiger partial charge in [0.25, 0.3) is 0 Å². The molecule has 0 atom stereocenters. The van der Waals surface area contributed by atoms with Gasteiger partial charge >= 0.3 is 0 Å². The first-order chi connectivity index (χ1) is 11.6. The van der Waals surface area contributed by atoms with Crippen molar-refractivity contribution in [3.8, 4) is 0 Å². The fourth-order valence-electron chi connectivity index (χ4n) is 3.03. The van der Waals surface area contributed by atoms with E-state index in [1.54, 1.807) is 13.1 Å². The van der Waals surface area contributed by atoms with Crippen LogP contribution >= 0.6 is 0 Å². The predicted octanol–water partition coefficient (Wildman–Crippen LogP) is 1.32. The van der Waals surface area contributed by atoms with E-state index in [2.05, 4.69) is 27.4 Å². The molecule has 6 nitrogen and oxygen atoms in total. The van der Waals surface area contributed by atoms with Gasteiger partial charge in [0.05, 0.1) is 0 Å². The number of amides is 1. The van der Waals surface area contributed by atoms with Crippen LogP contribution in [-0.2, 0) is 6.54 Å². The van der Waals surface area contributed by atoms with Gasteiger partial charge in [-0.25, -0.2) is 0 Å². The van der Waals surface area contributed by atoms with Crippen molar-refractivity contribution in [1.82, 2.24) is 15.5 Å². The van der Waals surface area contributed by atoms with E-state index in [0.29, 0.717) is 18.2 Å². The van der Waals surface area contributed by atoms with Gasteiger partial charge in [0.15, 0.2) is 5.96 Å². The Morgan fingerprint density at radius 2 is 2.12 bits per heavy atom. The van der Waals surface area contributed by atoms with Gasteiger partial charge in [0, 0.05) is 38.3 Å². The number of aliphatic imine (C=N–C) groups is 1. The van der Waals surface area contributed by atoms with Crippen molar-refractivity contribution >= 4 is 11.9 Å². The summed E-state index contributed by atoms with van der Waals surface area (Å²) in [4.78, 5) is 18.1. The second kappa shape index (κ2) is 9.27. The molecule has 2 rings (SSSR count). The topological polar surface area (TPSA) is 82.8 Å². The molecular weight excluding hydrogens is 302 g/mol. The number of rotatable bonds is 6. The van der Waals surface area contributed by atoms with E-state index < -0.39 is 5.91 Å². The maximum atomic E-state index is 11.2. The summed E-state index contributed by atoms with van der Waals surface area (Å²) >= 11 is 0. The van der Waals surface area contributed by atoms with Crippen LogP contribution in [-0.4, -0.2) is 49.5 Å². The molecule has 1 aliphatic rings. The molecule has 0 saturated carbocycles. The summed E-state index contributed by atoms with van der Waals surface area (Å²) < 4.78 is 0. The molecule has 0 spiro atoms. The molecule has 0 bridgehead atoms. The molecular formula is C18H29N5O. The van der Waals surface area contributed by atoms with Crippen LogP contribution < -0.4 is 16.4 Å². The quantitative estimate of drug-likeness (QED) is 0.542. The van der Waals surface area contributed by atoms with Crippen LogP contribution in [0.4, 0.5) is 0 Å². The third-order valence-electron chi connectivity index (χ3n) is 4.36. The van der Waals surface area contributed by atoms with Crippen molar-refractivity contribution in [3.05, 3.63) is 35.4 Å². The van der Waals surface area contributed by atoms with Gasteiger partial charge in [-0.3, -0.25) is 9.79 Å². The van der Waals surface area contributed by atoms with Gasteiger partial charge in [-0.05, 0) is 43.5 Å². The smallest absolute Gasteiger partial charge is 0.248 e. The van der Waals surface area contributed by atoms with Crippen molar-refractivity contribution < 1.29 is 4.79 Å². The molecule has 0 radical (unpaired) electrons. The lowest BCUT2D eigenvalue weighted by Crippen LogP contribution is -2.48. The third kappa shape index (κ3) is 5.53. The van der Waals surface area contributed by atoms with E-state index in [-0.39, 0.29) is 0 Å². The summed E-state index contributed by atoms with van der Waals surface area (Å²) in [6.07, 6.45) is 3.49. The molecule has 24 heavy (non-hydrogen) atoms. The first-order valence-electron chi connectivity index (χ1n) is 8.70. The van der Waals surface area contributed by atoms with Crippen LogP contribution in [0.3, 0.4) is 0 Å². The Morgan fingerprint density at radius 3 is 2.75 bits per heavy atom. The number of carbonyl (C=O) groups excluding carboxylic acids is 1. The number of nitrogens with zero attached hydrogens (tertiary/aromatic N) is 2. The molecule has 0 unspecified atom stereocenters. The zero-order valence-electron chi connectivity index (χ0n) is 14.7. The molecule has 0 aromatic heterocycles. The van der Waals surface area contributed by atoms with Gasteiger partial charge in [0.1, 0.15) is 0 Å². The molecule has 4 N–H and O–H groups in total. The van der Waals surface area contributed by atoms with Gasteiger partial charge in [-0.15, -0.1) is 0 Å². The van der Waals surface area contributed by atoms with Crippen molar-refractivity contribution in [3.63, 3.8) is 0 Å². The highest BCUT2D eigenvalue weighted by atomic mass is 16.1. The fourth-order valence-corrected chi connectivity index (χ4v) is 3.03. The molecule has 1 saturated heterocycles. The number of primary amides is 1. The van der Waals surface area contributed by atoms with Gasteiger partial charge in [0.2, 0.25) is 5.91 Å². The minimum atomic E-state index is -0.404. The van der Waals surface area contributed by atoms with E-state index in [1.807, 2.05) is 18.2 Å². The van der Waals surface area contributed by atoms with E-state index in [9.17, 15) is 4.79 Å². The van der Waals surface area contributed by atoms with Crippen molar-refractivity contribution in [2.24, 2.45) is 10.7 Å². The zero-order chi connectivity index (χ0) is 17.4. The second-order valence-electron chi connectivity index (χ2n) is 6.25. The largest absolute Gasteiger partial charge is 0.366 e. The maximum absolute atomic E-state index is 11.2. The predicted molar refractivity (Wildman–Crippen MR) is 98.0 cm³/mol.